The monoisotopic (exact) mass is 417 g/mol. The maximum Gasteiger partial charge on any atom is 0.168 e. The Kier molecular flexibility index (Phi) is 8.91. The summed E-state index contributed by atoms with van der Waals surface area (Å²) in [7, 11) is 1.74. The molecular formula is C21H21F2N3O2S. The Labute approximate surface area is 172 Å². The van der Waals surface area contributed by atoms with E-state index in [9.17, 15) is 13.6 Å². The zero-order valence-electron chi connectivity index (χ0n) is 16.0. The molecule has 3 rings (SSSR count). The Balaban J connectivity index is 0.000000221. The summed E-state index contributed by atoms with van der Waals surface area (Å²) < 4.78 is 34.3. The minimum atomic E-state index is -0.748. The molecule has 0 saturated carbocycles. The number of aromatic nitrogens is 1. The lowest BCUT2D eigenvalue weighted by molar-refractivity contribution is 0.112. The lowest BCUT2D eigenvalue weighted by Gasteiger charge is -2.06. The zero-order valence-corrected chi connectivity index (χ0v) is 16.8. The quantitative estimate of drug-likeness (QED) is 0.376. The summed E-state index contributed by atoms with van der Waals surface area (Å²) in [6.45, 7) is 2.07. The van der Waals surface area contributed by atoms with Crippen LogP contribution in [-0.4, -0.2) is 24.1 Å². The molecule has 0 aliphatic rings. The van der Waals surface area contributed by atoms with Crippen molar-refractivity contribution in [2.75, 3.05) is 22.8 Å². The number of halogens is 2. The molecule has 0 unspecified atom stereocenters. The lowest BCUT2D eigenvalue weighted by Crippen LogP contribution is -1.93. The van der Waals surface area contributed by atoms with Crippen molar-refractivity contribution >= 4 is 29.7 Å². The third kappa shape index (κ3) is 7.42. The highest BCUT2D eigenvalue weighted by Gasteiger charge is 2.06. The van der Waals surface area contributed by atoms with E-state index in [0.29, 0.717) is 17.1 Å². The van der Waals surface area contributed by atoms with Crippen molar-refractivity contribution in [3.63, 3.8) is 0 Å². The smallest absolute Gasteiger partial charge is 0.168 e. The number of hydrogen-bond donors (Lipinski definition) is 2. The molecular weight excluding hydrogens is 396 g/mol. The van der Waals surface area contributed by atoms with Crippen LogP contribution in [0.4, 0.5) is 20.3 Å². The van der Waals surface area contributed by atoms with Gasteiger partial charge in [-0.2, -0.15) is 0 Å². The predicted octanol–water partition coefficient (Wildman–Crippen LogP) is 5.77. The molecule has 0 fully saturated rings. The summed E-state index contributed by atoms with van der Waals surface area (Å²) >= 11 is 1.61. The van der Waals surface area contributed by atoms with Gasteiger partial charge in [-0.05, 0) is 36.4 Å². The van der Waals surface area contributed by atoms with E-state index in [-0.39, 0.29) is 5.75 Å². The Bertz CT molecular complexity index is 924. The molecule has 0 amide bonds. The first-order valence-electron chi connectivity index (χ1n) is 8.75. The maximum absolute atomic E-state index is 13.3. The van der Waals surface area contributed by atoms with Crippen molar-refractivity contribution < 1.29 is 18.3 Å². The van der Waals surface area contributed by atoms with Gasteiger partial charge >= 0.3 is 0 Å². The fraction of sp³-hybridized carbons (Fsp3) is 0.143. The molecule has 2 N–H and O–H groups in total. The molecule has 0 spiro atoms. The van der Waals surface area contributed by atoms with Crippen LogP contribution in [0.1, 0.15) is 17.3 Å². The van der Waals surface area contributed by atoms with Gasteiger partial charge < -0.3 is 14.8 Å². The van der Waals surface area contributed by atoms with Gasteiger partial charge in [0.25, 0.3) is 0 Å². The third-order valence-electron chi connectivity index (χ3n) is 3.47. The van der Waals surface area contributed by atoms with Gasteiger partial charge in [0.1, 0.15) is 23.7 Å². The number of pyridine rings is 1. The van der Waals surface area contributed by atoms with Crippen LogP contribution >= 0.6 is 11.9 Å². The van der Waals surface area contributed by atoms with Gasteiger partial charge in [0.15, 0.2) is 11.6 Å². The van der Waals surface area contributed by atoms with Gasteiger partial charge in [0, 0.05) is 30.1 Å². The van der Waals surface area contributed by atoms with Crippen LogP contribution in [0.5, 0.6) is 11.5 Å². The number of ether oxygens (including phenoxy) is 1. The summed E-state index contributed by atoms with van der Waals surface area (Å²) in [4.78, 5) is 14.4. The average molecular weight is 417 g/mol. The molecule has 5 nitrogen and oxygen atoms in total. The van der Waals surface area contributed by atoms with Crippen LogP contribution in [-0.2, 0) is 0 Å². The predicted molar refractivity (Wildman–Crippen MR) is 114 cm³/mol. The Morgan fingerprint density at radius 2 is 1.97 bits per heavy atom. The fourth-order valence-electron chi connectivity index (χ4n) is 2.10. The summed E-state index contributed by atoms with van der Waals surface area (Å²) in [6, 6.07) is 13.9. The number of benzene rings is 2. The first-order valence-corrected chi connectivity index (χ1v) is 9.74. The number of carbonyl (C=O) groups is 1. The number of nitrogens with zero attached hydrogens (tertiary/aromatic N) is 1. The number of hydrogen-bond acceptors (Lipinski definition) is 6. The van der Waals surface area contributed by atoms with Crippen LogP contribution in [0.3, 0.4) is 0 Å². The second kappa shape index (κ2) is 11.7. The highest BCUT2D eigenvalue weighted by Crippen LogP contribution is 2.24. The molecule has 0 radical (unpaired) electrons. The van der Waals surface area contributed by atoms with Crippen molar-refractivity contribution in [3.05, 3.63) is 78.0 Å². The van der Waals surface area contributed by atoms with E-state index in [1.54, 1.807) is 37.2 Å². The first kappa shape index (κ1) is 22.2. The molecule has 0 aliphatic carbocycles. The van der Waals surface area contributed by atoms with Crippen LogP contribution in [0.25, 0.3) is 0 Å². The van der Waals surface area contributed by atoms with Gasteiger partial charge in [0.05, 0.1) is 6.20 Å². The second-order valence-corrected chi connectivity index (χ2v) is 6.65. The minimum absolute atomic E-state index is 0.0367. The molecule has 0 bridgehead atoms. The highest BCUT2D eigenvalue weighted by molar-refractivity contribution is 8.00. The minimum Gasteiger partial charge on any atom is -0.453 e. The van der Waals surface area contributed by atoms with E-state index in [1.807, 2.05) is 18.2 Å². The zero-order chi connectivity index (χ0) is 21.1. The summed E-state index contributed by atoms with van der Waals surface area (Å²) in [5.41, 5.74) is 1.68. The summed E-state index contributed by atoms with van der Waals surface area (Å²) in [5, 5.41) is 2.85. The second-order valence-electron chi connectivity index (χ2n) is 5.58. The molecule has 152 valence electrons. The van der Waals surface area contributed by atoms with E-state index >= 15 is 0 Å². The van der Waals surface area contributed by atoms with Crippen LogP contribution < -0.4 is 14.8 Å². The largest absolute Gasteiger partial charge is 0.453 e. The molecule has 2 aromatic carbocycles. The van der Waals surface area contributed by atoms with E-state index in [0.717, 1.165) is 29.9 Å². The number of nitrogens with one attached hydrogen (secondary N) is 2. The van der Waals surface area contributed by atoms with E-state index in [2.05, 4.69) is 21.9 Å². The molecule has 0 atom stereocenters. The number of carbonyl (C=O) groups excluding carboxylic acids is 1. The van der Waals surface area contributed by atoms with Crippen molar-refractivity contribution in [3.8, 4) is 11.5 Å². The lowest BCUT2D eigenvalue weighted by atomic mass is 10.2. The highest BCUT2D eigenvalue weighted by atomic mass is 32.2. The van der Waals surface area contributed by atoms with E-state index in [4.69, 9.17) is 4.74 Å². The number of anilines is 2. The Hall–Kier alpha value is -3.13. The van der Waals surface area contributed by atoms with Gasteiger partial charge in [-0.1, -0.05) is 31.0 Å². The number of rotatable bonds is 7. The van der Waals surface area contributed by atoms with Gasteiger partial charge in [0.2, 0.25) is 0 Å². The maximum atomic E-state index is 13.3. The van der Waals surface area contributed by atoms with Crippen molar-refractivity contribution in [2.24, 2.45) is 0 Å². The average Bonchev–Trinajstić information content (AvgIpc) is 2.75. The van der Waals surface area contributed by atoms with Crippen molar-refractivity contribution in [1.82, 2.24) is 4.98 Å². The standard InChI is InChI=1S/C12H10F2N2O.C9H11NOS/c1-15-12-5-3-9(7-16-12)17-11-4-2-8(13)6-10(11)14;1-2-12-10-9-5-3-4-8(6-9)7-11/h2-7H,1H3,(H,15,16);3-7,10H,2H2,1H3. The van der Waals surface area contributed by atoms with Crippen molar-refractivity contribution in [1.29, 1.82) is 0 Å². The molecule has 0 saturated heterocycles. The first-order chi connectivity index (χ1) is 14.0. The normalized spacial score (nSPS) is 9.79. The summed E-state index contributed by atoms with van der Waals surface area (Å²) in [5.74, 6) is 0.642. The Morgan fingerprint density at radius 1 is 1.14 bits per heavy atom. The topological polar surface area (TPSA) is 63.2 Å². The van der Waals surface area contributed by atoms with Crippen LogP contribution in [0, 0.1) is 11.6 Å². The molecule has 1 heterocycles. The van der Waals surface area contributed by atoms with Gasteiger partial charge in [-0.3, -0.25) is 4.79 Å². The fourth-order valence-corrected chi connectivity index (χ4v) is 2.54. The van der Waals surface area contributed by atoms with Crippen molar-refractivity contribution in [2.45, 2.75) is 6.92 Å². The van der Waals surface area contributed by atoms with Gasteiger partial charge in [-0.25, -0.2) is 13.8 Å². The Morgan fingerprint density at radius 3 is 2.59 bits per heavy atom. The molecule has 1 aromatic heterocycles. The number of aldehydes is 1. The molecule has 29 heavy (non-hydrogen) atoms. The van der Waals surface area contributed by atoms with E-state index in [1.165, 1.54) is 12.3 Å². The van der Waals surface area contributed by atoms with E-state index < -0.39 is 11.6 Å². The SMILES string of the molecule is CCSNc1cccc(C=O)c1.CNc1ccc(Oc2ccc(F)cc2F)cn1. The molecule has 3 aromatic rings. The molecule has 8 heteroatoms. The summed E-state index contributed by atoms with van der Waals surface area (Å²) in [6.07, 6.45) is 2.30. The molecule has 0 aliphatic heterocycles. The van der Waals surface area contributed by atoms with Crippen LogP contribution in [0.15, 0.2) is 60.8 Å². The van der Waals surface area contributed by atoms with Gasteiger partial charge in [-0.15, -0.1) is 0 Å². The van der Waals surface area contributed by atoms with Crippen LogP contribution in [0.2, 0.25) is 0 Å². The third-order valence-corrected chi connectivity index (χ3v) is 4.14.